The molecule has 0 saturated heterocycles. The Kier molecular flexibility index (Phi) is 6.12. The highest BCUT2D eigenvalue weighted by Crippen LogP contribution is 2.35. The van der Waals surface area contributed by atoms with Crippen LogP contribution in [0.3, 0.4) is 0 Å². The molecule has 112 valence electrons. The fourth-order valence-electron chi connectivity index (χ4n) is 2.30. The second-order valence-corrected chi connectivity index (χ2v) is 6.67. The molecule has 2 rings (SSSR count). The number of aryl methyl sites for hydroxylation is 1. The second-order valence-electron chi connectivity index (χ2n) is 5.03. The van der Waals surface area contributed by atoms with Crippen molar-refractivity contribution in [3.63, 3.8) is 0 Å². The van der Waals surface area contributed by atoms with Gasteiger partial charge in [-0.15, -0.1) is 0 Å². The van der Waals surface area contributed by atoms with E-state index in [4.69, 9.17) is 23.2 Å². The van der Waals surface area contributed by atoms with Crippen LogP contribution in [0.25, 0.3) is 0 Å². The van der Waals surface area contributed by atoms with Crippen molar-refractivity contribution >= 4 is 39.1 Å². The van der Waals surface area contributed by atoms with E-state index in [1.54, 1.807) is 6.07 Å². The van der Waals surface area contributed by atoms with Gasteiger partial charge in [-0.3, -0.25) is 0 Å². The zero-order valence-electron chi connectivity index (χ0n) is 12.1. The van der Waals surface area contributed by atoms with Crippen LogP contribution in [0.15, 0.2) is 40.9 Å². The summed E-state index contributed by atoms with van der Waals surface area (Å²) < 4.78 is 1.12. The molecule has 2 aromatic rings. The lowest BCUT2D eigenvalue weighted by atomic mass is 9.97. The SMILES string of the molecule is CCCNC(c1ccc(Cl)cc1Cl)c1cccc(C)c1Br. The van der Waals surface area contributed by atoms with Gasteiger partial charge in [0, 0.05) is 14.5 Å². The van der Waals surface area contributed by atoms with Gasteiger partial charge in [-0.1, -0.05) is 70.3 Å². The molecule has 21 heavy (non-hydrogen) atoms. The molecule has 1 atom stereocenters. The average Bonchev–Trinajstić information content (AvgIpc) is 2.45. The van der Waals surface area contributed by atoms with Gasteiger partial charge >= 0.3 is 0 Å². The lowest BCUT2D eigenvalue weighted by Crippen LogP contribution is -2.24. The van der Waals surface area contributed by atoms with Gasteiger partial charge in [0.2, 0.25) is 0 Å². The summed E-state index contributed by atoms with van der Waals surface area (Å²) in [7, 11) is 0. The minimum atomic E-state index is 0.0454. The van der Waals surface area contributed by atoms with Crippen LogP contribution in [0, 0.1) is 6.92 Å². The monoisotopic (exact) mass is 385 g/mol. The van der Waals surface area contributed by atoms with Crippen molar-refractivity contribution in [1.82, 2.24) is 5.32 Å². The lowest BCUT2D eigenvalue weighted by Gasteiger charge is -2.23. The molecule has 1 N–H and O–H groups in total. The van der Waals surface area contributed by atoms with Gasteiger partial charge in [0.15, 0.2) is 0 Å². The molecule has 0 bridgehead atoms. The van der Waals surface area contributed by atoms with Crippen LogP contribution in [-0.4, -0.2) is 6.54 Å². The Bertz CT molecular complexity index is 628. The summed E-state index contributed by atoms with van der Waals surface area (Å²) in [5.74, 6) is 0. The van der Waals surface area contributed by atoms with Crippen LogP contribution in [0.2, 0.25) is 10.0 Å². The first-order valence-electron chi connectivity index (χ1n) is 6.98. The highest BCUT2D eigenvalue weighted by molar-refractivity contribution is 9.10. The maximum atomic E-state index is 6.41. The molecular weight excluding hydrogens is 369 g/mol. The Hall–Kier alpha value is -0.540. The van der Waals surface area contributed by atoms with E-state index in [9.17, 15) is 0 Å². The van der Waals surface area contributed by atoms with E-state index in [-0.39, 0.29) is 6.04 Å². The van der Waals surface area contributed by atoms with E-state index in [1.807, 2.05) is 12.1 Å². The average molecular weight is 387 g/mol. The number of nitrogens with one attached hydrogen (secondary N) is 1. The van der Waals surface area contributed by atoms with Gasteiger partial charge in [0.25, 0.3) is 0 Å². The predicted molar refractivity (Wildman–Crippen MR) is 95.5 cm³/mol. The fraction of sp³-hybridized carbons (Fsp3) is 0.294. The summed E-state index contributed by atoms with van der Waals surface area (Å²) in [6, 6.07) is 12.0. The van der Waals surface area contributed by atoms with Crippen LogP contribution < -0.4 is 5.32 Å². The molecule has 0 heterocycles. The Morgan fingerprint density at radius 2 is 1.90 bits per heavy atom. The van der Waals surface area contributed by atoms with Gasteiger partial charge in [-0.05, 0) is 48.7 Å². The third-order valence-electron chi connectivity index (χ3n) is 3.40. The highest BCUT2D eigenvalue weighted by Gasteiger charge is 2.19. The maximum absolute atomic E-state index is 6.41. The van der Waals surface area contributed by atoms with E-state index in [0.717, 1.165) is 23.0 Å². The van der Waals surface area contributed by atoms with Crippen molar-refractivity contribution in [1.29, 1.82) is 0 Å². The molecular formula is C17H18BrCl2N. The summed E-state index contributed by atoms with van der Waals surface area (Å²) in [6.45, 7) is 5.16. The molecule has 0 radical (unpaired) electrons. The molecule has 0 spiro atoms. The lowest BCUT2D eigenvalue weighted by molar-refractivity contribution is 0.596. The Morgan fingerprint density at radius 3 is 2.57 bits per heavy atom. The third-order valence-corrected chi connectivity index (χ3v) is 5.05. The van der Waals surface area contributed by atoms with Crippen LogP contribution in [0.4, 0.5) is 0 Å². The number of hydrogen-bond acceptors (Lipinski definition) is 1. The molecule has 0 saturated carbocycles. The van der Waals surface area contributed by atoms with Gasteiger partial charge in [-0.25, -0.2) is 0 Å². The Morgan fingerprint density at radius 1 is 1.14 bits per heavy atom. The zero-order valence-corrected chi connectivity index (χ0v) is 15.2. The van der Waals surface area contributed by atoms with E-state index in [0.29, 0.717) is 10.0 Å². The van der Waals surface area contributed by atoms with E-state index in [1.165, 1.54) is 11.1 Å². The molecule has 0 aliphatic rings. The summed E-state index contributed by atoms with van der Waals surface area (Å²) in [5, 5.41) is 4.91. The first kappa shape index (κ1) is 16.8. The summed E-state index contributed by atoms with van der Waals surface area (Å²) in [4.78, 5) is 0. The predicted octanol–water partition coefficient (Wildman–Crippen LogP) is 6.15. The quantitative estimate of drug-likeness (QED) is 0.649. The van der Waals surface area contributed by atoms with Crippen LogP contribution >= 0.6 is 39.1 Å². The van der Waals surface area contributed by atoms with Gasteiger partial charge in [0.05, 0.1) is 6.04 Å². The topological polar surface area (TPSA) is 12.0 Å². The first-order valence-corrected chi connectivity index (χ1v) is 8.52. The van der Waals surface area contributed by atoms with Crippen molar-refractivity contribution < 1.29 is 0 Å². The maximum Gasteiger partial charge on any atom is 0.0602 e. The molecule has 2 aromatic carbocycles. The Balaban J connectivity index is 2.49. The van der Waals surface area contributed by atoms with Gasteiger partial charge in [0.1, 0.15) is 0 Å². The zero-order chi connectivity index (χ0) is 15.4. The summed E-state index contributed by atoms with van der Waals surface area (Å²) in [5.41, 5.74) is 3.44. The van der Waals surface area contributed by atoms with E-state index in [2.05, 4.69) is 53.3 Å². The Labute approximate surface area is 144 Å². The van der Waals surface area contributed by atoms with Gasteiger partial charge < -0.3 is 5.32 Å². The van der Waals surface area contributed by atoms with Gasteiger partial charge in [-0.2, -0.15) is 0 Å². The smallest absolute Gasteiger partial charge is 0.0602 e. The molecule has 0 aromatic heterocycles. The molecule has 0 amide bonds. The van der Waals surface area contributed by atoms with Crippen molar-refractivity contribution in [2.24, 2.45) is 0 Å². The highest BCUT2D eigenvalue weighted by atomic mass is 79.9. The molecule has 0 aliphatic heterocycles. The van der Waals surface area contributed by atoms with Crippen LogP contribution in [0.5, 0.6) is 0 Å². The first-order chi connectivity index (χ1) is 10.0. The second kappa shape index (κ2) is 7.64. The number of hydrogen-bond donors (Lipinski definition) is 1. The molecule has 1 nitrogen and oxygen atoms in total. The number of halogens is 3. The molecule has 0 fully saturated rings. The summed E-state index contributed by atoms with van der Waals surface area (Å²) >= 11 is 16.1. The van der Waals surface area contributed by atoms with Crippen LogP contribution in [-0.2, 0) is 0 Å². The minimum Gasteiger partial charge on any atom is -0.306 e. The fourth-order valence-corrected chi connectivity index (χ4v) is 3.32. The van der Waals surface area contributed by atoms with Crippen molar-refractivity contribution in [2.75, 3.05) is 6.54 Å². The van der Waals surface area contributed by atoms with E-state index < -0.39 is 0 Å². The largest absolute Gasteiger partial charge is 0.306 e. The normalized spacial score (nSPS) is 12.4. The van der Waals surface area contributed by atoms with Crippen molar-refractivity contribution in [3.8, 4) is 0 Å². The molecule has 1 unspecified atom stereocenters. The van der Waals surface area contributed by atoms with Crippen LogP contribution in [0.1, 0.15) is 36.1 Å². The summed E-state index contributed by atoms with van der Waals surface area (Å²) in [6.07, 6.45) is 1.06. The molecule has 0 aliphatic carbocycles. The third kappa shape index (κ3) is 4.01. The minimum absolute atomic E-state index is 0.0454. The molecule has 4 heteroatoms. The van der Waals surface area contributed by atoms with Crippen molar-refractivity contribution in [3.05, 3.63) is 67.6 Å². The number of rotatable bonds is 5. The van der Waals surface area contributed by atoms with Crippen molar-refractivity contribution in [2.45, 2.75) is 26.3 Å². The standard InChI is InChI=1S/C17H18BrCl2N/c1-3-9-21-17(13-8-7-12(19)10-15(13)20)14-6-4-5-11(2)16(14)18/h4-8,10,17,21H,3,9H2,1-2H3. The van der Waals surface area contributed by atoms with E-state index >= 15 is 0 Å². The number of benzene rings is 2.